The van der Waals surface area contributed by atoms with Crippen LogP contribution in [-0.4, -0.2) is 17.8 Å². The zero-order valence-corrected chi connectivity index (χ0v) is 12.6. The van der Waals surface area contributed by atoms with Gasteiger partial charge in [0.05, 0.1) is 11.7 Å². The Hall–Kier alpha value is -0.0600. The Morgan fingerprint density at radius 3 is 3.06 bits per heavy atom. The molecule has 4 heteroatoms. The van der Waals surface area contributed by atoms with E-state index in [2.05, 4.69) is 19.2 Å². The van der Waals surface area contributed by atoms with Crippen molar-refractivity contribution in [3.8, 4) is 0 Å². The second kappa shape index (κ2) is 6.21. The number of nitrogens with zero attached hydrogens (tertiary/aromatic N) is 1. The molecule has 1 aromatic heterocycles. The zero-order chi connectivity index (χ0) is 12.3. The minimum absolute atomic E-state index is 0.499. The van der Waals surface area contributed by atoms with Crippen molar-refractivity contribution in [2.24, 2.45) is 5.92 Å². The number of hydrogen-bond donors (Lipinski definition) is 1. The molecule has 0 saturated carbocycles. The quantitative estimate of drug-likeness (QED) is 0.884. The van der Waals surface area contributed by atoms with E-state index < -0.39 is 0 Å². The molecule has 0 amide bonds. The molecule has 1 atom stereocenters. The lowest BCUT2D eigenvalue weighted by atomic mass is 9.98. The molecule has 17 heavy (non-hydrogen) atoms. The van der Waals surface area contributed by atoms with E-state index in [1.165, 1.54) is 40.6 Å². The van der Waals surface area contributed by atoms with Gasteiger partial charge in [-0.1, -0.05) is 13.8 Å². The fourth-order valence-electron chi connectivity index (χ4n) is 2.19. The van der Waals surface area contributed by atoms with Gasteiger partial charge in [-0.3, -0.25) is 0 Å². The molecule has 0 fully saturated rings. The smallest absolute Gasteiger partial charge is 0.103 e. The Bertz CT molecular complexity index is 360. The summed E-state index contributed by atoms with van der Waals surface area (Å²) >= 11 is 3.95. The number of fused-ring (bicyclic) bond motifs is 1. The molecule has 0 bridgehead atoms. The molecule has 2 nitrogen and oxygen atoms in total. The molecule has 0 radical (unpaired) electrons. The molecule has 0 aromatic carbocycles. The van der Waals surface area contributed by atoms with Gasteiger partial charge in [0.2, 0.25) is 0 Å². The third kappa shape index (κ3) is 3.46. The van der Waals surface area contributed by atoms with E-state index in [0.717, 1.165) is 11.7 Å². The van der Waals surface area contributed by atoms with E-state index in [1.807, 2.05) is 30.1 Å². The number of hydrogen-bond acceptors (Lipinski definition) is 4. The van der Waals surface area contributed by atoms with E-state index in [4.69, 9.17) is 4.98 Å². The summed E-state index contributed by atoms with van der Waals surface area (Å²) in [7, 11) is 2.05. The lowest BCUT2D eigenvalue weighted by Gasteiger charge is -2.19. The Morgan fingerprint density at radius 2 is 2.35 bits per heavy atom. The van der Waals surface area contributed by atoms with Crippen LogP contribution in [0.15, 0.2) is 0 Å². The molecule has 1 unspecified atom stereocenters. The summed E-state index contributed by atoms with van der Waals surface area (Å²) < 4.78 is 0. The maximum atomic E-state index is 4.84. The van der Waals surface area contributed by atoms with Gasteiger partial charge in [-0.05, 0) is 38.0 Å². The van der Waals surface area contributed by atoms with Crippen LogP contribution >= 0.6 is 23.1 Å². The standard InChI is InChI=1S/C13H22N2S2/c1-9(2)7-16-8-12-15-13-10(14-3)5-4-6-11(13)17-12/h9-10,14H,4-8H2,1-3H3. The van der Waals surface area contributed by atoms with Gasteiger partial charge >= 0.3 is 0 Å². The molecule has 1 aliphatic rings. The highest BCUT2D eigenvalue weighted by molar-refractivity contribution is 7.98. The van der Waals surface area contributed by atoms with Gasteiger partial charge in [0.25, 0.3) is 0 Å². The maximum absolute atomic E-state index is 4.84. The van der Waals surface area contributed by atoms with E-state index in [1.54, 1.807) is 0 Å². The van der Waals surface area contributed by atoms with Crippen LogP contribution in [0.2, 0.25) is 0 Å². The minimum Gasteiger partial charge on any atom is -0.312 e. The average molecular weight is 270 g/mol. The van der Waals surface area contributed by atoms with Gasteiger partial charge in [-0.15, -0.1) is 11.3 Å². The highest BCUT2D eigenvalue weighted by Gasteiger charge is 2.23. The van der Waals surface area contributed by atoms with Crippen LogP contribution in [0.4, 0.5) is 0 Å². The highest BCUT2D eigenvalue weighted by atomic mass is 32.2. The molecule has 0 spiro atoms. The lowest BCUT2D eigenvalue weighted by Crippen LogP contribution is -2.21. The van der Waals surface area contributed by atoms with E-state index in [9.17, 15) is 0 Å². The van der Waals surface area contributed by atoms with Gasteiger partial charge < -0.3 is 5.32 Å². The molecular weight excluding hydrogens is 248 g/mol. The molecular formula is C13H22N2S2. The monoisotopic (exact) mass is 270 g/mol. The second-order valence-corrected chi connectivity index (χ2v) is 7.26. The number of aryl methyl sites for hydroxylation is 1. The summed E-state index contributed by atoms with van der Waals surface area (Å²) in [5, 5.41) is 4.71. The summed E-state index contributed by atoms with van der Waals surface area (Å²) in [6.07, 6.45) is 3.78. The SMILES string of the molecule is CNC1CCCc2sc(CSCC(C)C)nc21. The Kier molecular flexibility index (Phi) is 4.88. The van der Waals surface area contributed by atoms with Gasteiger partial charge in [-0.2, -0.15) is 11.8 Å². The van der Waals surface area contributed by atoms with Gasteiger partial charge in [0.1, 0.15) is 5.01 Å². The van der Waals surface area contributed by atoms with Crippen LogP contribution in [0, 0.1) is 5.92 Å². The van der Waals surface area contributed by atoms with Crippen molar-refractivity contribution in [2.45, 2.75) is 44.9 Å². The zero-order valence-electron chi connectivity index (χ0n) is 11.0. The van der Waals surface area contributed by atoms with Crippen molar-refractivity contribution >= 4 is 23.1 Å². The fourth-order valence-corrected chi connectivity index (χ4v) is 4.47. The van der Waals surface area contributed by atoms with Gasteiger partial charge in [0, 0.05) is 10.6 Å². The minimum atomic E-state index is 0.499. The van der Waals surface area contributed by atoms with Crippen molar-refractivity contribution in [3.05, 3.63) is 15.6 Å². The molecule has 0 saturated heterocycles. The van der Waals surface area contributed by atoms with E-state index in [-0.39, 0.29) is 0 Å². The van der Waals surface area contributed by atoms with Crippen molar-refractivity contribution in [3.63, 3.8) is 0 Å². The van der Waals surface area contributed by atoms with Crippen LogP contribution in [0.1, 0.15) is 48.3 Å². The molecule has 1 aliphatic carbocycles. The number of thioether (sulfide) groups is 1. The first kappa shape index (κ1) is 13.4. The van der Waals surface area contributed by atoms with Crippen LogP contribution in [0.3, 0.4) is 0 Å². The lowest BCUT2D eigenvalue weighted by molar-refractivity contribution is 0.489. The first-order chi connectivity index (χ1) is 8.20. The Morgan fingerprint density at radius 1 is 1.53 bits per heavy atom. The second-order valence-electron chi connectivity index (χ2n) is 5.06. The predicted molar refractivity (Wildman–Crippen MR) is 77.9 cm³/mol. The first-order valence-corrected chi connectivity index (χ1v) is 8.41. The van der Waals surface area contributed by atoms with E-state index in [0.29, 0.717) is 6.04 Å². The summed E-state index contributed by atoms with van der Waals surface area (Å²) in [6.45, 7) is 4.55. The molecule has 0 aliphatic heterocycles. The number of aromatic nitrogens is 1. The van der Waals surface area contributed by atoms with Crippen molar-refractivity contribution in [1.29, 1.82) is 0 Å². The summed E-state index contributed by atoms with van der Waals surface area (Å²) in [6, 6.07) is 0.499. The van der Waals surface area contributed by atoms with Gasteiger partial charge in [-0.25, -0.2) is 4.98 Å². The predicted octanol–water partition coefficient (Wildman–Crippen LogP) is 3.63. The highest BCUT2D eigenvalue weighted by Crippen LogP contribution is 2.34. The van der Waals surface area contributed by atoms with Gasteiger partial charge in [0.15, 0.2) is 0 Å². The molecule has 2 rings (SSSR count). The van der Waals surface area contributed by atoms with Crippen LogP contribution in [0.25, 0.3) is 0 Å². The molecule has 1 heterocycles. The summed E-state index contributed by atoms with van der Waals surface area (Å²) in [4.78, 5) is 6.36. The topological polar surface area (TPSA) is 24.9 Å². The van der Waals surface area contributed by atoms with Crippen LogP contribution in [0.5, 0.6) is 0 Å². The molecule has 1 aromatic rings. The Balaban J connectivity index is 1.98. The third-order valence-electron chi connectivity index (χ3n) is 3.02. The first-order valence-electron chi connectivity index (χ1n) is 6.44. The maximum Gasteiger partial charge on any atom is 0.103 e. The van der Waals surface area contributed by atoms with Crippen LogP contribution < -0.4 is 5.32 Å². The normalized spacial score (nSPS) is 19.6. The van der Waals surface area contributed by atoms with Crippen molar-refractivity contribution in [1.82, 2.24) is 10.3 Å². The fraction of sp³-hybridized carbons (Fsp3) is 0.769. The summed E-state index contributed by atoms with van der Waals surface area (Å²) in [5.74, 6) is 3.10. The molecule has 1 N–H and O–H groups in total. The summed E-state index contributed by atoms with van der Waals surface area (Å²) in [5.41, 5.74) is 1.34. The average Bonchev–Trinajstić information content (AvgIpc) is 2.70. The van der Waals surface area contributed by atoms with Crippen molar-refractivity contribution in [2.75, 3.05) is 12.8 Å². The number of rotatable bonds is 5. The number of thiazole rings is 1. The Labute approximate surface area is 113 Å². The van der Waals surface area contributed by atoms with Crippen LogP contribution in [-0.2, 0) is 12.2 Å². The van der Waals surface area contributed by atoms with Crippen molar-refractivity contribution < 1.29 is 0 Å². The number of nitrogens with one attached hydrogen (secondary N) is 1. The van der Waals surface area contributed by atoms with E-state index >= 15 is 0 Å². The third-order valence-corrected chi connectivity index (χ3v) is 5.72. The largest absolute Gasteiger partial charge is 0.312 e. The molecule has 96 valence electrons.